The van der Waals surface area contributed by atoms with E-state index >= 15 is 0 Å². The fourth-order valence-corrected chi connectivity index (χ4v) is 8.05. The van der Waals surface area contributed by atoms with Crippen LogP contribution in [0.15, 0.2) is 203 Å². The molecule has 0 amide bonds. The molecule has 0 saturated carbocycles. The van der Waals surface area contributed by atoms with E-state index in [-0.39, 0.29) is 0 Å². The molecule has 0 heterocycles. The van der Waals surface area contributed by atoms with Gasteiger partial charge in [0.2, 0.25) is 0 Å². The third kappa shape index (κ3) is 7.03. The summed E-state index contributed by atoms with van der Waals surface area (Å²) in [5.74, 6) is 5.77. The first-order valence-corrected chi connectivity index (χ1v) is 19.4. The van der Waals surface area contributed by atoms with Gasteiger partial charge in [-0.2, -0.15) is 0 Å². The van der Waals surface area contributed by atoms with Gasteiger partial charge >= 0.3 is 0 Å². The summed E-state index contributed by atoms with van der Waals surface area (Å²) in [6.07, 6.45) is 0. The highest BCUT2D eigenvalue weighted by molar-refractivity contribution is 9.10. The van der Waals surface area contributed by atoms with Crippen molar-refractivity contribution in [3.8, 4) is 57.1 Å². The van der Waals surface area contributed by atoms with E-state index in [2.05, 4.69) is 92.5 Å². The number of rotatable bonds is 10. The average Bonchev–Trinajstić information content (AvgIpc) is 3.48. The fourth-order valence-electron chi connectivity index (χ4n) is 7.33. The third-order valence-corrected chi connectivity index (χ3v) is 10.7. The molecule has 0 unspecified atom stereocenters. The van der Waals surface area contributed by atoms with Crippen LogP contribution in [0.25, 0.3) is 11.1 Å². The van der Waals surface area contributed by atoms with Crippen molar-refractivity contribution in [1.82, 2.24) is 0 Å². The summed E-state index contributed by atoms with van der Waals surface area (Å²) in [4.78, 5) is 0. The topological polar surface area (TPSA) is 36.9 Å². The predicted molar refractivity (Wildman–Crippen MR) is 225 cm³/mol. The van der Waals surface area contributed by atoms with Crippen molar-refractivity contribution < 1.29 is 18.9 Å². The van der Waals surface area contributed by atoms with Crippen molar-refractivity contribution in [2.24, 2.45) is 0 Å². The van der Waals surface area contributed by atoms with Crippen LogP contribution < -0.4 is 18.9 Å². The molecule has 0 atom stereocenters. The Morgan fingerprint density at radius 1 is 0.291 bits per heavy atom. The van der Waals surface area contributed by atoms with E-state index in [4.69, 9.17) is 18.9 Å². The first-order valence-electron chi connectivity index (χ1n) is 17.8. The lowest BCUT2D eigenvalue weighted by molar-refractivity contribution is 0.460. The van der Waals surface area contributed by atoms with Crippen molar-refractivity contribution >= 4 is 31.9 Å². The Bertz CT molecular complexity index is 2420. The van der Waals surface area contributed by atoms with Gasteiger partial charge in [-0.15, -0.1) is 0 Å². The highest BCUT2D eigenvalue weighted by Crippen LogP contribution is 2.57. The van der Waals surface area contributed by atoms with Crippen molar-refractivity contribution in [2.45, 2.75) is 5.41 Å². The second-order valence-electron chi connectivity index (χ2n) is 13.2. The Kier molecular flexibility index (Phi) is 9.44. The van der Waals surface area contributed by atoms with Gasteiger partial charge in [0.1, 0.15) is 46.0 Å². The first-order chi connectivity index (χ1) is 27.0. The molecule has 0 bridgehead atoms. The normalized spacial score (nSPS) is 12.3. The van der Waals surface area contributed by atoms with Gasteiger partial charge in [0.25, 0.3) is 0 Å². The minimum atomic E-state index is -0.637. The number of hydrogen-bond donors (Lipinski definition) is 0. The number of halogens is 2. The Balaban J connectivity index is 1.07. The second kappa shape index (κ2) is 15.0. The standard InChI is InChI=1S/C49H32Br2O4/c50-35-21-27-45-46-28-22-36(51)30-48(46)49(47(45)29-35,33-17-23-39(24-18-33)54-43-15-7-13-41(31-43)52-37-9-3-1-4-10-37)34-19-25-40(26-20-34)55-44-16-8-14-42(32-44)53-38-11-5-2-6-12-38/h1-32H. The summed E-state index contributed by atoms with van der Waals surface area (Å²) >= 11 is 7.60. The van der Waals surface area contributed by atoms with Crippen LogP contribution in [0.4, 0.5) is 0 Å². The van der Waals surface area contributed by atoms with Crippen LogP contribution >= 0.6 is 31.9 Å². The van der Waals surface area contributed by atoms with Crippen molar-refractivity contribution in [3.63, 3.8) is 0 Å². The van der Waals surface area contributed by atoms with Gasteiger partial charge < -0.3 is 18.9 Å². The van der Waals surface area contributed by atoms with Gasteiger partial charge in [-0.05, 0) is 130 Å². The average molecular weight is 845 g/mol. The van der Waals surface area contributed by atoms with Gasteiger partial charge in [-0.3, -0.25) is 0 Å². The molecule has 0 fully saturated rings. The molecular weight excluding hydrogens is 812 g/mol. The van der Waals surface area contributed by atoms with Crippen LogP contribution in [0.1, 0.15) is 22.3 Å². The van der Waals surface area contributed by atoms with Crippen LogP contribution in [0, 0.1) is 0 Å². The van der Waals surface area contributed by atoms with Crippen LogP contribution in [0.5, 0.6) is 46.0 Å². The molecule has 8 aromatic carbocycles. The maximum absolute atomic E-state index is 6.38. The van der Waals surface area contributed by atoms with Crippen LogP contribution in [-0.4, -0.2) is 0 Å². The highest BCUT2D eigenvalue weighted by Gasteiger charge is 2.46. The molecule has 55 heavy (non-hydrogen) atoms. The zero-order valence-electron chi connectivity index (χ0n) is 29.4. The first kappa shape index (κ1) is 34.7. The fraction of sp³-hybridized carbons (Fsp3) is 0.0204. The van der Waals surface area contributed by atoms with Gasteiger partial charge in [-0.1, -0.05) is 117 Å². The summed E-state index contributed by atoms with van der Waals surface area (Å²) in [6, 6.07) is 64.8. The summed E-state index contributed by atoms with van der Waals surface area (Å²) in [5, 5.41) is 0. The predicted octanol–water partition coefficient (Wildman–Crippen LogP) is 14.7. The molecule has 0 aliphatic heterocycles. The lowest BCUT2D eigenvalue weighted by Gasteiger charge is -2.34. The molecule has 9 rings (SSSR count). The number of benzene rings is 8. The molecule has 8 aromatic rings. The maximum Gasteiger partial charge on any atom is 0.131 e. The number of para-hydroxylation sites is 2. The highest BCUT2D eigenvalue weighted by atomic mass is 79.9. The summed E-state index contributed by atoms with van der Waals surface area (Å²) in [5.41, 5.74) is 6.34. The molecule has 0 N–H and O–H groups in total. The summed E-state index contributed by atoms with van der Waals surface area (Å²) < 4.78 is 26.9. The molecule has 0 saturated heterocycles. The summed E-state index contributed by atoms with van der Waals surface area (Å²) in [6.45, 7) is 0. The van der Waals surface area contributed by atoms with E-state index in [1.54, 1.807) is 0 Å². The lowest BCUT2D eigenvalue weighted by atomic mass is 9.67. The van der Waals surface area contributed by atoms with Crippen LogP contribution in [0.3, 0.4) is 0 Å². The van der Waals surface area contributed by atoms with E-state index < -0.39 is 5.41 Å². The van der Waals surface area contributed by atoms with Crippen LogP contribution in [-0.2, 0) is 5.41 Å². The zero-order valence-corrected chi connectivity index (χ0v) is 32.5. The minimum absolute atomic E-state index is 0.637. The molecule has 0 spiro atoms. The molecule has 4 nitrogen and oxygen atoms in total. The van der Waals surface area contributed by atoms with Crippen molar-refractivity contribution in [3.05, 3.63) is 225 Å². The summed E-state index contributed by atoms with van der Waals surface area (Å²) in [7, 11) is 0. The molecule has 1 aliphatic carbocycles. The van der Waals surface area contributed by atoms with Crippen molar-refractivity contribution in [2.75, 3.05) is 0 Å². The molecule has 0 aromatic heterocycles. The van der Waals surface area contributed by atoms with Crippen LogP contribution in [0.2, 0.25) is 0 Å². The molecule has 0 radical (unpaired) electrons. The van der Waals surface area contributed by atoms with Gasteiger partial charge in [0.05, 0.1) is 5.41 Å². The van der Waals surface area contributed by atoms with Gasteiger partial charge in [-0.25, -0.2) is 0 Å². The van der Waals surface area contributed by atoms with E-state index in [0.717, 1.165) is 43.1 Å². The lowest BCUT2D eigenvalue weighted by Crippen LogP contribution is -2.28. The Labute approximate surface area is 336 Å². The van der Waals surface area contributed by atoms with E-state index in [9.17, 15) is 0 Å². The maximum atomic E-state index is 6.38. The Hall–Kier alpha value is -6.08. The quantitative estimate of drug-likeness (QED) is 0.137. The Morgan fingerprint density at radius 2 is 0.618 bits per heavy atom. The number of ether oxygens (including phenoxy) is 4. The second-order valence-corrected chi connectivity index (χ2v) is 15.0. The number of fused-ring (bicyclic) bond motifs is 3. The van der Waals surface area contributed by atoms with E-state index in [1.807, 2.05) is 133 Å². The van der Waals surface area contributed by atoms with Crippen molar-refractivity contribution in [1.29, 1.82) is 0 Å². The van der Waals surface area contributed by atoms with E-state index in [0.29, 0.717) is 23.0 Å². The minimum Gasteiger partial charge on any atom is -0.457 e. The monoisotopic (exact) mass is 842 g/mol. The molecule has 266 valence electrons. The largest absolute Gasteiger partial charge is 0.457 e. The molecule has 6 heteroatoms. The van der Waals surface area contributed by atoms with Gasteiger partial charge in [0.15, 0.2) is 0 Å². The van der Waals surface area contributed by atoms with E-state index in [1.165, 1.54) is 22.3 Å². The zero-order chi connectivity index (χ0) is 37.2. The SMILES string of the molecule is Brc1ccc2c(c1)C(c1ccc(Oc3cccc(Oc4ccccc4)c3)cc1)(c1ccc(Oc3cccc(Oc4ccccc4)c3)cc1)c1cc(Br)ccc1-2. The molecule has 1 aliphatic rings. The van der Waals surface area contributed by atoms with Gasteiger partial charge in [0, 0.05) is 21.1 Å². The third-order valence-electron chi connectivity index (χ3n) is 9.68. The Morgan fingerprint density at radius 3 is 0.982 bits per heavy atom. The molecular formula is C49H32Br2O4. The number of hydrogen-bond acceptors (Lipinski definition) is 4. The smallest absolute Gasteiger partial charge is 0.131 e.